The fourth-order valence-corrected chi connectivity index (χ4v) is 3.65. The van der Waals surface area contributed by atoms with Crippen molar-refractivity contribution in [2.45, 2.75) is 11.8 Å². The molecule has 0 saturated heterocycles. The molecule has 0 radical (unpaired) electrons. The zero-order valence-electron chi connectivity index (χ0n) is 13.4. The van der Waals surface area contributed by atoms with Gasteiger partial charge in [-0.1, -0.05) is 29.8 Å². The third-order valence-corrected chi connectivity index (χ3v) is 5.33. The number of nitrogens with one attached hydrogen (secondary N) is 1. The first-order valence-electron chi connectivity index (χ1n) is 7.18. The van der Waals surface area contributed by atoms with Crippen LogP contribution in [0.1, 0.15) is 11.1 Å². The summed E-state index contributed by atoms with van der Waals surface area (Å²) in [6, 6.07) is 10.0. The molecular weight excluding hydrogens is 382 g/mol. The first-order chi connectivity index (χ1) is 12.1. The summed E-state index contributed by atoms with van der Waals surface area (Å²) >= 11 is 5.95. The molecule has 7 nitrogen and oxygen atoms in total. The van der Waals surface area contributed by atoms with Crippen LogP contribution in [-0.4, -0.2) is 30.4 Å². The molecule has 0 bridgehead atoms. The molecule has 0 aliphatic rings. The Labute approximate surface area is 154 Å². The van der Waals surface area contributed by atoms with Gasteiger partial charge in [0.05, 0.1) is 4.90 Å². The Hall–Kier alpha value is -2.84. The van der Waals surface area contributed by atoms with E-state index in [4.69, 9.17) is 16.7 Å². The van der Waals surface area contributed by atoms with Gasteiger partial charge in [-0.2, -0.15) is 0 Å². The van der Waals surface area contributed by atoms with Gasteiger partial charge in [-0.3, -0.25) is 9.52 Å². The van der Waals surface area contributed by atoms with Gasteiger partial charge in [-0.05, 0) is 36.8 Å². The van der Waals surface area contributed by atoms with Gasteiger partial charge in [0.1, 0.15) is 5.76 Å². The number of halogens is 1. The third-order valence-electron chi connectivity index (χ3n) is 3.40. The number of anilines is 1. The normalized spacial score (nSPS) is 11.8. The van der Waals surface area contributed by atoms with Crippen molar-refractivity contribution in [1.82, 2.24) is 0 Å². The Morgan fingerprint density at radius 3 is 2.42 bits per heavy atom. The van der Waals surface area contributed by atoms with E-state index in [0.29, 0.717) is 16.7 Å². The molecule has 0 aliphatic heterocycles. The molecule has 0 aromatic heterocycles. The second-order valence-corrected chi connectivity index (χ2v) is 7.31. The van der Waals surface area contributed by atoms with Crippen LogP contribution in [0, 0.1) is 6.92 Å². The number of ketones is 1. The lowest BCUT2D eigenvalue weighted by molar-refractivity contribution is -0.146. The summed E-state index contributed by atoms with van der Waals surface area (Å²) in [6.45, 7) is 1.57. The predicted molar refractivity (Wildman–Crippen MR) is 96.7 cm³/mol. The van der Waals surface area contributed by atoms with Gasteiger partial charge in [-0.25, -0.2) is 13.2 Å². The highest BCUT2D eigenvalue weighted by Gasteiger charge is 2.19. The van der Waals surface area contributed by atoms with Crippen molar-refractivity contribution in [1.29, 1.82) is 0 Å². The van der Waals surface area contributed by atoms with Crippen LogP contribution in [0.15, 0.2) is 53.4 Å². The highest BCUT2D eigenvalue weighted by molar-refractivity contribution is 7.92. The second-order valence-electron chi connectivity index (χ2n) is 5.25. The van der Waals surface area contributed by atoms with Crippen LogP contribution in [0.5, 0.6) is 0 Å². The number of carbonyl (C=O) groups is 2. The highest BCUT2D eigenvalue weighted by Crippen LogP contribution is 2.25. The molecule has 0 unspecified atom stereocenters. The molecular formula is C17H14ClNO6S. The molecule has 136 valence electrons. The van der Waals surface area contributed by atoms with Crippen molar-refractivity contribution in [3.05, 3.63) is 64.7 Å². The maximum Gasteiger partial charge on any atom is 0.376 e. The number of aliphatic carboxylic acids is 1. The molecule has 3 N–H and O–H groups in total. The maximum absolute atomic E-state index is 12.5. The molecule has 0 saturated carbocycles. The quantitative estimate of drug-likeness (QED) is 0.392. The van der Waals surface area contributed by atoms with Crippen molar-refractivity contribution in [3.8, 4) is 0 Å². The average molecular weight is 396 g/mol. The van der Waals surface area contributed by atoms with Crippen molar-refractivity contribution >= 4 is 44.8 Å². The smallest absolute Gasteiger partial charge is 0.376 e. The Morgan fingerprint density at radius 1 is 1.12 bits per heavy atom. The molecule has 2 aromatic carbocycles. The molecule has 0 spiro atoms. The van der Waals surface area contributed by atoms with Gasteiger partial charge < -0.3 is 10.2 Å². The summed E-state index contributed by atoms with van der Waals surface area (Å²) in [7, 11) is -3.94. The molecule has 2 aromatic rings. The van der Waals surface area contributed by atoms with Crippen molar-refractivity contribution < 1.29 is 28.2 Å². The standard InChI is InChI=1S/C17H14ClNO6S/c1-10-13(18)6-3-7-16(10)26(24,25)19-12-5-2-4-11(8-12)14(20)9-15(21)17(22)23/h2-9,19-20H,1H3,(H,22,23). The predicted octanol–water partition coefficient (Wildman–Crippen LogP) is 3.00. The fourth-order valence-electron chi connectivity index (χ4n) is 2.10. The first-order valence-corrected chi connectivity index (χ1v) is 9.04. The molecule has 0 heterocycles. The van der Waals surface area contributed by atoms with Crippen LogP contribution >= 0.6 is 11.6 Å². The number of rotatable bonds is 6. The number of sulfonamides is 1. The number of carbonyl (C=O) groups excluding carboxylic acids is 1. The summed E-state index contributed by atoms with van der Waals surface area (Å²) in [5.41, 5.74) is 0.569. The van der Waals surface area contributed by atoms with E-state index in [-0.39, 0.29) is 16.1 Å². The summed E-state index contributed by atoms with van der Waals surface area (Å²) in [5, 5.41) is 18.7. The Bertz CT molecular complexity index is 1010. The molecule has 9 heteroatoms. The first kappa shape index (κ1) is 19.5. The van der Waals surface area contributed by atoms with Crippen LogP contribution in [0.25, 0.3) is 5.76 Å². The number of carboxylic acid groups (broad SMARTS) is 1. The van der Waals surface area contributed by atoms with Gasteiger partial charge in [0.25, 0.3) is 15.8 Å². The van der Waals surface area contributed by atoms with E-state index in [1.807, 2.05) is 0 Å². The van der Waals surface area contributed by atoms with Gasteiger partial charge in [0.2, 0.25) is 0 Å². The van der Waals surface area contributed by atoms with E-state index in [1.165, 1.54) is 36.4 Å². The number of aliphatic hydroxyl groups excluding tert-OH is 1. The fraction of sp³-hybridized carbons (Fsp3) is 0.0588. The minimum Gasteiger partial charge on any atom is -0.507 e. The van der Waals surface area contributed by atoms with Crippen LogP contribution in [0.2, 0.25) is 5.02 Å². The Kier molecular flexibility index (Phi) is 5.69. The SMILES string of the molecule is Cc1c(Cl)cccc1S(=O)(=O)Nc1cccc(C(O)=CC(=O)C(=O)O)c1. The lowest BCUT2D eigenvalue weighted by Gasteiger charge is -2.12. The van der Waals surface area contributed by atoms with Crippen molar-refractivity contribution in [3.63, 3.8) is 0 Å². The zero-order chi connectivity index (χ0) is 19.5. The van der Waals surface area contributed by atoms with Crippen molar-refractivity contribution in [2.75, 3.05) is 4.72 Å². The van der Waals surface area contributed by atoms with E-state index in [1.54, 1.807) is 13.0 Å². The van der Waals surface area contributed by atoms with Crippen LogP contribution < -0.4 is 4.72 Å². The molecule has 0 atom stereocenters. The van der Waals surface area contributed by atoms with Crippen LogP contribution in [-0.2, 0) is 19.6 Å². The number of benzene rings is 2. The number of hydrogen-bond donors (Lipinski definition) is 3. The van der Waals surface area contributed by atoms with Crippen molar-refractivity contribution in [2.24, 2.45) is 0 Å². The lowest BCUT2D eigenvalue weighted by atomic mass is 10.1. The number of aliphatic hydroxyl groups is 1. The summed E-state index contributed by atoms with van der Waals surface area (Å²) in [4.78, 5) is 21.7. The summed E-state index contributed by atoms with van der Waals surface area (Å²) in [5.74, 6) is -3.62. The average Bonchev–Trinajstić information content (AvgIpc) is 2.56. The zero-order valence-corrected chi connectivity index (χ0v) is 15.0. The molecule has 0 aliphatic carbocycles. The molecule has 2 rings (SSSR count). The largest absolute Gasteiger partial charge is 0.507 e. The minimum absolute atomic E-state index is 0.00350. The Balaban J connectivity index is 2.35. The third kappa shape index (κ3) is 4.41. The summed E-state index contributed by atoms with van der Waals surface area (Å²) < 4.78 is 27.4. The topological polar surface area (TPSA) is 121 Å². The van der Waals surface area contributed by atoms with Gasteiger partial charge in [-0.15, -0.1) is 0 Å². The van der Waals surface area contributed by atoms with Gasteiger partial charge >= 0.3 is 5.97 Å². The van der Waals surface area contributed by atoms with E-state index in [0.717, 1.165) is 0 Å². The van der Waals surface area contributed by atoms with E-state index >= 15 is 0 Å². The Morgan fingerprint density at radius 2 is 1.77 bits per heavy atom. The van der Waals surface area contributed by atoms with Crippen LogP contribution in [0.3, 0.4) is 0 Å². The molecule has 0 amide bonds. The van der Waals surface area contributed by atoms with Gasteiger partial charge in [0, 0.05) is 22.3 Å². The number of hydrogen-bond acceptors (Lipinski definition) is 5. The maximum atomic E-state index is 12.5. The number of carboxylic acids is 1. The van der Waals surface area contributed by atoms with E-state index in [9.17, 15) is 23.1 Å². The van der Waals surface area contributed by atoms with E-state index < -0.39 is 27.5 Å². The molecule has 0 fully saturated rings. The van der Waals surface area contributed by atoms with Gasteiger partial charge in [0.15, 0.2) is 0 Å². The highest BCUT2D eigenvalue weighted by atomic mass is 35.5. The summed E-state index contributed by atoms with van der Waals surface area (Å²) in [6.07, 6.45) is 0.539. The second kappa shape index (κ2) is 7.59. The minimum atomic E-state index is -3.94. The lowest BCUT2D eigenvalue weighted by Crippen LogP contribution is -2.14. The molecule has 26 heavy (non-hydrogen) atoms. The monoisotopic (exact) mass is 395 g/mol. The van der Waals surface area contributed by atoms with Crippen LogP contribution in [0.4, 0.5) is 5.69 Å². The van der Waals surface area contributed by atoms with E-state index in [2.05, 4.69) is 4.72 Å².